The van der Waals surface area contributed by atoms with Gasteiger partial charge in [-0.05, 0) is 50.6 Å². The molecule has 3 rings (SSSR count). The quantitative estimate of drug-likeness (QED) is 0.436. The molecule has 0 saturated heterocycles. The number of carboxylic acid groups (broad SMARTS) is 2. The molecule has 0 atom stereocenters. The molecule has 8 nitrogen and oxygen atoms in total. The summed E-state index contributed by atoms with van der Waals surface area (Å²) in [5.74, 6) is -1.14. The lowest BCUT2D eigenvalue weighted by atomic mass is 9.83. The summed E-state index contributed by atoms with van der Waals surface area (Å²) >= 11 is 0. The summed E-state index contributed by atoms with van der Waals surface area (Å²) in [6.07, 6.45) is 1.35. The molecule has 33 heavy (non-hydrogen) atoms. The van der Waals surface area contributed by atoms with Gasteiger partial charge in [0.05, 0.1) is 24.3 Å². The van der Waals surface area contributed by atoms with Crippen molar-refractivity contribution in [1.29, 1.82) is 0 Å². The smallest absolute Gasteiger partial charge is 0.321 e. The number of ether oxygens (including phenoxy) is 3. The third kappa shape index (κ3) is 5.16. The lowest BCUT2D eigenvalue weighted by Crippen LogP contribution is -2.38. The Kier molecular flexibility index (Phi) is 7.06. The van der Waals surface area contributed by atoms with Crippen LogP contribution in [0.2, 0.25) is 0 Å². The van der Waals surface area contributed by atoms with Gasteiger partial charge in [-0.1, -0.05) is 18.2 Å². The van der Waals surface area contributed by atoms with Gasteiger partial charge >= 0.3 is 11.9 Å². The van der Waals surface area contributed by atoms with Gasteiger partial charge in [0.1, 0.15) is 23.9 Å². The first-order chi connectivity index (χ1) is 15.7. The van der Waals surface area contributed by atoms with E-state index in [9.17, 15) is 19.8 Å². The van der Waals surface area contributed by atoms with Crippen LogP contribution in [0.1, 0.15) is 31.9 Å². The van der Waals surface area contributed by atoms with Gasteiger partial charge in [0.15, 0.2) is 5.41 Å². The van der Waals surface area contributed by atoms with E-state index in [1.54, 1.807) is 37.6 Å². The van der Waals surface area contributed by atoms with E-state index >= 15 is 0 Å². The van der Waals surface area contributed by atoms with E-state index in [1.807, 2.05) is 32.0 Å². The Balaban J connectivity index is 1.95. The number of fused-ring (bicyclic) bond motifs is 1. The molecule has 0 amide bonds. The van der Waals surface area contributed by atoms with E-state index in [2.05, 4.69) is 4.98 Å². The molecule has 0 saturated carbocycles. The van der Waals surface area contributed by atoms with Crippen molar-refractivity contribution in [1.82, 2.24) is 4.98 Å². The number of methoxy groups -OCH3 is 1. The Hall–Kier alpha value is -3.81. The first-order valence-corrected chi connectivity index (χ1v) is 10.5. The molecule has 0 radical (unpaired) electrons. The van der Waals surface area contributed by atoms with Crippen molar-refractivity contribution in [3.8, 4) is 17.2 Å². The molecule has 1 aromatic heterocycles. The molecular weight excluding hydrogens is 426 g/mol. The van der Waals surface area contributed by atoms with E-state index in [1.165, 1.54) is 6.92 Å². The number of carbonyl (C=O) groups is 2. The topological polar surface area (TPSA) is 115 Å². The second kappa shape index (κ2) is 9.77. The number of aromatic nitrogens is 1. The maximum absolute atomic E-state index is 11.6. The molecule has 174 valence electrons. The molecule has 2 aromatic carbocycles. The third-order valence-electron chi connectivity index (χ3n) is 5.30. The van der Waals surface area contributed by atoms with E-state index < -0.39 is 17.4 Å². The van der Waals surface area contributed by atoms with Crippen LogP contribution in [-0.2, 0) is 22.6 Å². The molecular formula is C25H27NO7. The van der Waals surface area contributed by atoms with Crippen LogP contribution >= 0.6 is 0 Å². The maximum Gasteiger partial charge on any atom is 0.321 e. The van der Waals surface area contributed by atoms with Gasteiger partial charge in [0, 0.05) is 18.0 Å². The van der Waals surface area contributed by atoms with Crippen LogP contribution in [0.4, 0.5) is 0 Å². The summed E-state index contributed by atoms with van der Waals surface area (Å²) in [7, 11) is 1.59. The van der Waals surface area contributed by atoms with Crippen LogP contribution in [0, 0.1) is 5.41 Å². The fraction of sp³-hybridized carbons (Fsp3) is 0.320. The molecule has 0 aliphatic heterocycles. The number of aliphatic carboxylic acids is 2. The van der Waals surface area contributed by atoms with Crippen molar-refractivity contribution in [2.75, 3.05) is 7.11 Å². The predicted octanol–water partition coefficient (Wildman–Crippen LogP) is 4.33. The first kappa shape index (κ1) is 23.8. The summed E-state index contributed by atoms with van der Waals surface area (Å²) in [5, 5.41) is 19.7. The van der Waals surface area contributed by atoms with Crippen molar-refractivity contribution in [3.05, 3.63) is 59.8 Å². The first-order valence-electron chi connectivity index (χ1n) is 10.5. The van der Waals surface area contributed by atoms with Crippen molar-refractivity contribution < 1.29 is 34.0 Å². The summed E-state index contributed by atoms with van der Waals surface area (Å²) in [4.78, 5) is 27.7. The largest absolute Gasteiger partial charge is 0.497 e. The maximum atomic E-state index is 11.6. The highest BCUT2D eigenvalue weighted by molar-refractivity contribution is 5.98. The molecule has 8 heteroatoms. The van der Waals surface area contributed by atoms with Gasteiger partial charge < -0.3 is 24.4 Å². The standard InChI is InChI=1S/C25H27NO7/c1-15(2)33-22-17(13-26-20-10-9-18(31-4)11-19(20)22)14-32-21-8-6-5-7-16(21)12-25(3,23(27)28)24(29)30/h5-11,13,15H,12,14H2,1-4H3,(H,27,28)(H,29,30). The predicted molar refractivity (Wildman–Crippen MR) is 122 cm³/mol. The molecule has 0 aliphatic carbocycles. The van der Waals surface area contributed by atoms with Gasteiger partial charge in [0.25, 0.3) is 0 Å². The number of para-hydroxylation sites is 1. The average Bonchev–Trinajstić information content (AvgIpc) is 2.78. The molecule has 1 heterocycles. The van der Waals surface area contributed by atoms with Crippen LogP contribution in [0.25, 0.3) is 10.9 Å². The summed E-state index contributed by atoms with van der Waals surface area (Å²) in [6, 6.07) is 12.3. The van der Waals surface area contributed by atoms with Gasteiger partial charge in [0.2, 0.25) is 0 Å². The summed E-state index contributed by atoms with van der Waals surface area (Å²) < 4.78 is 17.5. The minimum absolute atomic E-state index is 0.0933. The van der Waals surface area contributed by atoms with Crippen molar-refractivity contribution >= 4 is 22.8 Å². The van der Waals surface area contributed by atoms with Crippen molar-refractivity contribution in [2.24, 2.45) is 5.41 Å². The monoisotopic (exact) mass is 453 g/mol. The highest BCUT2D eigenvalue weighted by Gasteiger charge is 2.42. The number of hydrogen-bond donors (Lipinski definition) is 2. The molecule has 0 bridgehead atoms. The molecule has 2 N–H and O–H groups in total. The van der Waals surface area contributed by atoms with Crippen LogP contribution < -0.4 is 14.2 Å². The normalized spacial score (nSPS) is 11.4. The summed E-state index contributed by atoms with van der Waals surface area (Å²) in [6.45, 7) is 5.12. The second-order valence-corrected chi connectivity index (χ2v) is 8.18. The molecule has 0 fully saturated rings. The Morgan fingerprint density at radius 1 is 1.06 bits per heavy atom. The van der Waals surface area contributed by atoms with Crippen molar-refractivity contribution in [2.45, 2.75) is 39.9 Å². The van der Waals surface area contributed by atoms with Gasteiger partial charge in [-0.25, -0.2) is 0 Å². The highest BCUT2D eigenvalue weighted by atomic mass is 16.5. The minimum atomic E-state index is -1.98. The second-order valence-electron chi connectivity index (χ2n) is 8.18. The number of nitrogens with zero attached hydrogens (tertiary/aromatic N) is 1. The zero-order valence-electron chi connectivity index (χ0n) is 19.0. The number of carboxylic acids is 2. The minimum Gasteiger partial charge on any atom is -0.497 e. The number of hydrogen-bond acceptors (Lipinski definition) is 6. The zero-order valence-corrected chi connectivity index (χ0v) is 19.0. The molecule has 0 spiro atoms. The van der Waals surface area contributed by atoms with Crippen molar-refractivity contribution in [3.63, 3.8) is 0 Å². The number of benzene rings is 2. The molecule has 0 aliphatic rings. The van der Waals surface area contributed by atoms with Gasteiger partial charge in [-0.3, -0.25) is 14.6 Å². The van der Waals surface area contributed by atoms with E-state index in [0.717, 1.165) is 10.9 Å². The fourth-order valence-corrected chi connectivity index (χ4v) is 3.36. The SMILES string of the molecule is COc1ccc2ncc(COc3ccccc3CC(C)(C(=O)O)C(=O)O)c(OC(C)C)c2c1. The number of pyridine rings is 1. The van der Waals surface area contributed by atoms with Gasteiger partial charge in [-0.2, -0.15) is 0 Å². The Morgan fingerprint density at radius 3 is 2.39 bits per heavy atom. The van der Waals surface area contributed by atoms with Crippen LogP contribution in [0.5, 0.6) is 17.2 Å². The highest BCUT2D eigenvalue weighted by Crippen LogP contribution is 2.34. The lowest BCUT2D eigenvalue weighted by Gasteiger charge is -2.22. The molecule has 0 unspecified atom stereocenters. The average molecular weight is 453 g/mol. The van der Waals surface area contributed by atoms with E-state index in [-0.39, 0.29) is 19.1 Å². The molecule has 3 aromatic rings. The van der Waals surface area contributed by atoms with Crippen LogP contribution in [0.3, 0.4) is 0 Å². The lowest BCUT2D eigenvalue weighted by molar-refractivity contribution is -0.163. The Bertz CT molecular complexity index is 1160. The Labute approximate surface area is 191 Å². The third-order valence-corrected chi connectivity index (χ3v) is 5.30. The van der Waals surface area contributed by atoms with Crippen LogP contribution in [-0.4, -0.2) is 40.3 Å². The Morgan fingerprint density at radius 2 is 1.76 bits per heavy atom. The van der Waals surface area contributed by atoms with E-state index in [0.29, 0.717) is 28.4 Å². The zero-order chi connectivity index (χ0) is 24.2. The number of rotatable bonds is 10. The van der Waals surface area contributed by atoms with Crippen LogP contribution in [0.15, 0.2) is 48.7 Å². The van der Waals surface area contributed by atoms with E-state index in [4.69, 9.17) is 14.2 Å². The van der Waals surface area contributed by atoms with Gasteiger partial charge in [-0.15, -0.1) is 0 Å². The summed E-state index contributed by atoms with van der Waals surface area (Å²) in [5.41, 5.74) is -0.0637. The fourth-order valence-electron chi connectivity index (χ4n) is 3.36.